The van der Waals surface area contributed by atoms with Gasteiger partial charge in [-0.05, 0) is 30.3 Å². The molecule has 0 bridgehead atoms. The Morgan fingerprint density at radius 1 is 1.30 bits per heavy atom. The first-order chi connectivity index (χ1) is 11.1. The van der Waals surface area contributed by atoms with Gasteiger partial charge in [0, 0.05) is 25.4 Å². The van der Waals surface area contributed by atoms with Gasteiger partial charge in [0.25, 0.3) is 0 Å². The third kappa shape index (κ3) is 2.92. The van der Waals surface area contributed by atoms with Gasteiger partial charge in [0.1, 0.15) is 10.8 Å². The summed E-state index contributed by atoms with van der Waals surface area (Å²) in [6.45, 7) is 9.45. The maximum Gasteiger partial charge on any atom is 0.145 e. The first-order valence-electron chi connectivity index (χ1n) is 8.58. The molecule has 0 unspecified atom stereocenters. The second kappa shape index (κ2) is 5.94. The number of hydrogen-bond acceptors (Lipinski definition) is 6. The van der Waals surface area contributed by atoms with E-state index in [0.29, 0.717) is 12.0 Å². The molecule has 2 aromatic heterocycles. The zero-order chi connectivity index (χ0) is 16.0. The van der Waals surface area contributed by atoms with E-state index in [0.717, 1.165) is 42.8 Å². The molecule has 1 aliphatic heterocycles. The van der Waals surface area contributed by atoms with Crippen molar-refractivity contribution in [2.75, 3.05) is 6.54 Å². The Hall–Kier alpha value is -1.34. The molecule has 0 spiro atoms. The fourth-order valence-electron chi connectivity index (χ4n) is 3.50. The molecule has 7 heteroatoms. The summed E-state index contributed by atoms with van der Waals surface area (Å²) < 4.78 is 6.66. The zero-order valence-electron chi connectivity index (χ0n) is 14.1. The predicted octanol–water partition coefficient (Wildman–Crippen LogP) is 2.78. The third-order valence-electron chi connectivity index (χ3n) is 4.96. The van der Waals surface area contributed by atoms with Crippen molar-refractivity contribution < 1.29 is 0 Å². The lowest BCUT2D eigenvalue weighted by molar-refractivity contribution is 0.177. The summed E-state index contributed by atoms with van der Waals surface area (Å²) in [5, 5.41) is 9.97. The van der Waals surface area contributed by atoms with E-state index in [2.05, 4.69) is 50.0 Å². The summed E-state index contributed by atoms with van der Waals surface area (Å²) in [7, 11) is 0. The largest absolute Gasteiger partial charge is 0.290 e. The summed E-state index contributed by atoms with van der Waals surface area (Å²) >= 11 is 1.54. The molecule has 0 saturated heterocycles. The van der Waals surface area contributed by atoms with Crippen LogP contribution in [0.1, 0.15) is 67.8 Å². The number of hydrogen-bond donors (Lipinski definition) is 0. The van der Waals surface area contributed by atoms with Gasteiger partial charge in [0.15, 0.2) is 0 Å². The van der Waals surface area contributed by atoms with Gasteiger partial charge in [-0.2, -0.15) is 4.37 Å². The second-order valence-electron chi connectivity index (χ2n) is 7.32. The normalized spacial score (nSPS) is 24.7. The van der Waals surface area contributed by atoms with Gasteiger partial charge < -0.3 is 0 Å². The quantitative estimate of drug-likeness (QED) is 0.861. The Balaban J connectivity index is 1.46. The Morgan fingerprint density at radius 3 is 2.83 bits per heavy atom. The molecule has 124 valence electrons. The van der Waals surface area contributed by atoms with Crippen molar-refractivity contribution in [3.05, 3.63) is 22.2 Å². The fraction of sp³-hybridized carbons (Fsp3) is 0.750. The van der Waals surface area contributed by atoms with E-state index in [1.165, 1.54) is 24.2 Å². The smallest absolute Gasteiger partial charge is 0.145 e. The number of nitrogens with zero attached hydrogens (tertiary/aromatic N) is 6. The third-order valence-corrected chi connectivity index (χ3v) is 5.67. The lowest BCUT2D eigenvalue weighted by Crippen LogP contribution is -2.34. The lowest BCUT2D eigenvalue weighted by atomic mass is 9.82. The van der Waals surface area contributed by atoms with Crippen LogP contribution >= 0.6 is 11.5 Å². The Kier molecular flexibility index (Phi) is 3.93. The summed E-state index contributed by atoms with van der Waals surface area (Å²) in [6, 6.07) is 0.565. The second-order valence-corrected chi connectivity index (χ2v) is 8.16. The highest BCUT2D eigenvalue weighted by Crippen LogP contribution is 2.38. The molecule has 2 aliphatic rings. The maximum absolute atomic E-state index is 4.67. The van der Waals surface area contributed by atoms with Crippen molar-refractivity contribution in [2.45, 2.75) is 65.1 Å². The molecule has 0 aromatic carbocycles. The number of aromatic nitrogens is 5. The van der Waals surface area contributed by atoms with Crippen molar-refractivity contribution in [1.29, 1.82) is 0 Å². The van der Waals surface area contributed by atoms with Gasteiger partial charge >= 0.3 is 0 Å². The highest BCUT2D eigenvalue weighted by molar-refractivity contribution is 7.05. The molecule has 0 radical (unpaired) electrons. The van der Waals surface area contributed by atoms with Crippen molar-refractivity contribution >= 4 is 11.5 Å². The molecule has 0 atom stereocenters. The van der Waals surface area contributed by atoms with E-state index < -0.39 is 0 Å². The van der Waals surface area contributed by atoms with Crippen LogP contribution in [0.5, 0.6) is 0 Å². The van der Waals surface area contributed by atoms with Crippen LogP contribution in [-0.4, -0.2) is 35.8 Å². The fourth-order valence-corrected chi connectivity index (χ4v) is 4.33. The number of fused-ring (bicyclic) bond motifs is 1. The van der Waals surface area contributed by atoms with E-state index >= 15 is 0 Å². The van der Waals surface area contributed by atoms with Gasteiger partial charge in [-0.1, -0.05) is 26.0 Å². The average Bonchev–Trinajstić information content (AvgIpc) is 3.11. The van der Waals surface area contributed by atoms with E-state index in [9.17, 15) is 0 Å². The van der Waals surface area contributed by atoms with Crippen LogP contribution in [0.4, 0.5) is 0 Å². The van der Waals surface area contributed by atoms with Gasteiger partial charge in [-0.15, -0.1) is 5.10 Å². The topological polar surface area (TPSA) is 59.7 Å². The van der Waals surface area contributed by atoms with Crippen molar-refractivity contribution in [1.82, 2.24) is 29.3 Å². The summed E-state index contributed by atoms with van der Waals surface area (Å²) in [4.78, 5) is 7.12. The van der Waals surface area contributed by atoms with Crippen molar-refractivity contribution in [2.24, 2.45) is 5.92 Å². The molecule has 1 aliphatic carbocycles. The van der Waals surface area contributed by atoms with Crippen LogP contribution in [0.3, 0.4) is 0 Å². The molecule has 1 fully saturated rings. The molecule has 1 saturated carbocycles. The monoisotopic (exact) mass is 332 g/mol. The van der Waals surface area contributed by atoms with Crippen LogP contribution in [0.2, 0.25) is 0 Å². The highest BCUT2D eigenvalue weighted by Gasteiger charge is 2.32. The van der Waals surface area contributed by atoms with Crippen LogP contribution in [0, 0.1) is 5.92 Å². The van der Waals surface area contributed by atoms with E-state index in [1.807, 2.05) is 0 Å². The highest BCUT2D eigenvalue weighted by atomic mass is 32.1. The van der Waals surface area contributed by atoms with E-state index in [1.54, 1.807) is 11.5 Å². The van der Waals surface area contributed by atoms with Gasteiger partial charge in [-0.3, -0.25) is 4.90 Å². The molecule has 3 heterocycles. The molecule has 6 nitrogen and oxygen atoms in total. The SMILES string of the molecule is CC1CC(n2nnc3c2CN(Cc2nc(C(C)C)ns2)CC3)C1. The molecular weight excluding hydrogens is 308 g/mol. The first kappa shape index (κ1) is 15.2. The lowest BCUT2D eigenvalue weighted by Gasteiger charge is -2.35. The number of rotatable bonds is 4. The Labute approximate surface area is 141 Å². The summed E-state index contributed by atoms with van der Waals surface area (Å²) in [5.41, 5.74) is 2.52. The van der Waals surface area contributed by atoms with Gasteiger partial charge in [0.05, 0.1) is 24.0 Å². The van der Waals surface area contributed by atoms with Crippen molar-refractivity contribution in [3.8, 4) is 0 Å². The minimum Gasteiger partial charge on any atom is -0.290 e. The molecule has 0 N–H and O–H groups in total. The van der Waals surface area contributed by atoms with Crippen molar-refractivity contribution in [3.63, 3.8) is 0 Å². The van der Waals surface area contributed by atoms with Gasteiger partial charge in [-0.25, -0.2) is 9.67 Å². The first-order valence-corrected chi connectivity index (χ1v) is 9.35. The zero-order valence-corrected chi connectivity index (χ0v) is 14.9. The molecule has 23 heavy (non-hydrogen) atoms. The van der Waals surface area contributed by atoms with E-state index in [4.69, 9.17) is 0 Å². The predicted molar refractivity (Wildman–Crippen MR) is 89.3 cm³/mol. The summed E-state index contributed by atoms with van der Waals surface area (Å²) in [5.74, 6) is 2.20. The standard InChI is InChI=1S/C16H24N6S/c1-10(2)16-17-15(23-19-16)9-21-5-4-13-14(8-21)22(20-18-13)12-6-11(3)7-12/h10-12H,4-9H2,1-3H3. The molecule has 2 aromatic rings. The average molecular weight is 332 g/mol. The minimum atomic E-state index is 0.402. The van der Waals surface area contributed by atoms with E-state index in [-0.39, 0.29) is 0 Å². The van der Waals surface area contributed by atoms with Crippen LogP contribution in [0.15, 0.2) is 0 Å². The van der Waals surface area contributed by atoms with Gasteiger partial charge in [0.2, 0.25) is 0 Å². The Bertz CT molecular complexity index is 685. The van der Waals surface area contributed by atoms with Crippen LogP contribution < -0.4 is 0 Å². The summed E-state index contributed by atoms with van der Waals surface area (Å²) in [6.07, 6.45) is 3.47. The molecule has 0 amide bonds. The Morgan fingerprint density at radius 2 is 2.13 bits per heavy atom. The molecule has 4 rings (SSSR count). The van der Waals surface area contributed by atoms with Crippen LogP contribution in [-0.2, 0) is 19.5 Å². The van der Waals surface area contributed by atoms with Crippen LogP contribution in [0.25, 0.3) is 0 Å². The minimum absolute atomic E-state index is 0.402. The maximum atomic E-state index is 4.67. The molecular formula is C16H24N6S.